The number of fused-ring (bicyclic) bond motifs is 8. The van der Waals surface area contributed by atoms with Gasteiger partial charge in [0.2, 0.25) is 11.9 Å². The van der Waals surface area contributed by atoms with Gasteiger partial charge in [-0.1, -0.05) is 47.5 Å². The Morgan fingerprint density at radius 2 is 1.19 bits per heavy atom. The molecule has 3 saturated heterocycles. The second kappa shape index (κ2) is 22.1. The van der Waals surface area contributed by atoms with Crippen molar-refractivity contribution in [3.05, 3.63) is 107 Å². The van der Waals surface area contributed by atoms with Crippen LogP contribution in [0.4, 0.5) is 70.8 Å². The first kappa shape index (κ1) is 55.0. The summed E-state index contributed by atoms with van der Waals surface area (Å²) in [6.07, 6.45) is -3.52. The summed E-state index contributed by atoms with van der Waals surface area (Å²) in [5.41, 5.74) is 0.210. The number of halogens is 8. The normalized spacial score (nSPS) is 19.3. The van der Waals surface area contributed by atoms with E-state index in [0.717, 1.165) is 24.3 Å². The number of carbonyl (C=O) groups excluding carboxylic acids is 2. The third-order valence-corrected chi connectivity index (χ3v) is 13.9. The molecule has 0 saturated carbocycles. The molecule has 5 aliphatic heterocycles. The van der Waals surface area contributed by atoms with Gasteiger partial charge in [-0.2, -0.15) is 26.3 Å². The van der Waals surface area contributed by atoms with E-state index in [1.807, 2.05) is 18.7 Å². The molecular formula is C51H48Cl2F6N12O8. The van der Waals surface area contributed by atoms with Crippen molar-refractivity contribution >= 4 is 70.2 Å². The number of carbonyl (C=O) groups is 2. The Morgan fingerprint density at radius 3 is 1.61 bits per heavy atom. The molecule has 9 heterocycles. The summed E-state index contributed by atoms with van der Waals surface area (Å²) in [4.78, 5) is 59.6. The van der Waals surface area contributed by atoms with E-state index in [9.17, 15) is 41.0 Å². The van der Waals surface area contributed by atoms with Crippen molar-refractivity contribution in [3.8, 4) is 34.0 Å². The van der Waals surface area contributed by atoms with Crippen LogP contribution in [0.5, 0.6) is 11.5 Å². The Bertz CT molecular complexity index is 3240. The molecule has 11 rings (SSSR count). The molecule has 6 aromatic rings. The number of amides is 4. The molecule has 416 valence electrons. The predicted octanol–water partition coefficient (Wildman–Crippen LogP) is 8.95. The molecule has 79 heavy (non-hydrogen) atoms. The molecule has 4 amide bonds. The molecule has 5 aliphatic rings. The summed E-state index contributed by atoms with van der Waals surface area (Å²) in [6, 6.07) is 11.2. The quantitative estimate of drug-likeness (QED) is 0.0888. The minimum Gasteiger partial charge on any atom is -0.488 e. The van der Waals surface area contributed by atoms with E-state index in [1.54, 1.807) is 12.1 Å². The molecule has 2 aromatic carbocycles. The Morgan fingerprint density at radius 1 is 0.734 bits per heavy atom. The third kappa shape index (κ3) is 12.1. The standard InChI is InChI=1S/C27H26ClF3N6O4.C24H22ClF3N6O4/c1-26(2)40-14-19(41-26)13-39-18-10-32-24(33-11-18)35-25(38)37-17-6-7-36(12-17)21-9-20(28)22(34-23(21)37)15-4-3-5-16(8-15)27(29,30)31;25-18-7-19-21(31-20(18)13-2-1-3-14(6-13)24(26,27)28)34(15-4-5-33(19)10-15)23(37)32-22-29-8-17(9-30-22)38-12-16(36)11-35/h3-5,8-11,17,19H,6-7,12-14H2,1-2H3,(H,32,33,35,38);1-3,6-9,15-16,35-36H,4-5,10-12H2,(H,29,30,32,37)/t17-,19+;15-,16-/m00/s1. The Labute approximate surface area is 456 Å². The number of aromatic nitrogens is 6. The Balaban J connectivity index is 0.000000179. The highest BCUT2D eigenvalue weighted by Gasteiger charge is 2.43. The van der Waals surface area contributed by atoms with Crippen molar-refractivity contribution < 1.29 is 65.1 Å². The average molecular weight is 1140 g/mol. The van der Waals surface area contributed by atoms with Crippen LogP contribution in [0.15, 0.2) is 85.5 Å². The monoisotopic (exact) mass is 1140 g/mol. The lowest BCUT2D eigenvalue weighted by atomic mass is 10.1. The SMILES string of the molecule is CC1(C)OC[C@@H](COc2cnc(NC(=O)N3c4nc(-c5cccc(C(F)(F)F)c5)c(Cl)cc4N4CC[C@H]3C4)nc2)O1.O=C(Nc1ncc(OC[C@@H](O)CO)cn1)N1c2nc(-c3cccc(C(F)(F)F)c3)c(Cl)cc2N2CC[C@H]1C2. The van der Waals surface area contributed by atoms with Gasteiger partial charge in [0.05, 0.1) is 94.0 Å². The number of ether oxygens (including phenoxy) is 4. The summed E-state index contributed by atoms with van der Waals surface area (Å²) in [7, 11) is 0. The van der Waals surface area contributed by atoms with Crippen molar-refractivity contribution in [2.45, 2.75) is 69.1 Å². The fraction of sp³-hybridized carbons (Fsp3) is 0.373. The number of rotatable bonds is 11. The minimum atomic E-state index is -4.54. The number of nitrogens with one attached hydrogen (secondary N) is 2. The molecule has 20 nitrogen and oxygen atoms in total. The van der Waals surface area contributed by atoms with E-state index in [-0.39, 0.29) is 87.4 Å². The molecule has 4 aromatic heterocycles. The summed E-state index contributed by atoms with van der Waals surface area (Å²) in [5, 5.41) is 23.9. The lowest BCUT2D eigenvalue weighted by molar-refractivity contribution is -0.141. The number of urea groups is 2. The maximum atomic E-state index is 13.5. The van der Waals surface area contributed by atoms with Crippen molar-refractivity contribution in [3.63, 3.8) is 0 Å². The van der Waals surface area contributed by atoms with E-state index < -0.39 is 54.0 Å². The van der Waals surface area contributed by atoms with Gasteiger partial charge in [-0.25, -0.2) is 39.5 Å². The first-order valence-corrected chi connectivity index (χ1v) is 25.3. The highest BCUT2D eigenvalue weighted by molar-refractivity contribution is 6.34. The highest BCUT2D eigenvalue weighted by Crippen LogP contribution is 2.46. The number of aliphatic hydroxyl groups excluding tert-OH is 2. The number of hydrogen-bond acceptors (Lipinski definition) is 16. The van der Waals surface area contributed by atoms with E-state index >= 15 is 0 Å². The zero-order valence-corrected chi connectivity index (χ0v) is 43.3. The Hall–Kier alpha value is -7.36. The van der Waals surface area contributed by atoms with Crippen LogP contribution in [-0.4, -0.2) is 135 Å². The first-order chi connectivity index (χ1) is 37.6. The van der Waals surface area contributed by atoms with Crippen LogP contribution < -0.4 is 39.7 Å². The molecule has 0 unspecified atom stereocenters. The number of benzene rings is 2. The number of nitrogens with zero attached hydrogens (tertiary/aromatic N) is 10. The van der Waals surface area contributed by atoms with Gasteiger partial charge in [0.25, 0.3) is 0 Å². The van der Waals surface area contributed by atoms with Crippen LogP contribution in [0.1, 0.15) is 37.8 Å². The summed E-state index contributed by atoms with van der Waals surface area (Å²) in [5.74, 6) is 0.578. The van der Waals surface area contributed by atoms with Gasteiger partial charge in [-0.15, -0.1) is 0 Å². The largest absolute Gasteiger partial charge is 0.488 e. The number of anilines is 6. The molecule has 3 fully saturated rings. The van der Waals surface area contributed by atoms with Crippen LogP contribution in [0.3, 0.4) is 0 Å². The molecule has 0 aliphatic carbocycles. The maximum Gasteiger partial charge on any atom is 0.416 e. The molecule has 0 radical (unpaired) electrons. The smallest absolute Gasteiger partial charge is 0.416 e. The van der Waals surface area contributed by atoms with Gasteiger partial charge in [0.1, 0.15) is 25.4 Å². The predicted molar refractivity (Wildman–Crippen MR) is 277 cm³/mol. The molecule has 4 atom stereocenters. The van der Waals surface area contributed by atoms with Crippen molar-refractivity contribution in [1.29, 1.82) is 0 Å². The number of pyridine rings is 2. The van der Waals surface area contributed by atoms with Crippen LogP contribution in [0.25, 0.3) is 22.5 Å². The number of aliphatic hydroxyl groups is 2. The van der Waals surface area contributed by atoms with Gasteiger partial charge in [-0.3, -0.25) is 20.4 Å². The molecule has 0 spiro atoms. The highest BCUT2D eigenvalue weighted by atomic mass is 35.5. The molecule has 28 heteroatoms. The van der Waals surface area contributed by atoms with Crippen LogP contribution in [-0.2, 0) is 21.8 Å². The number of hydrogen-bond donors (Lipinski definition) is 4. The van der Waals surface area contributed by atoms with Gasteiger partial charge in [-0.05, 0) is 63.1 Å². The lowest BCUT2D eigenvalue weighted by Crippen LogP contribution is -2.48. The zero-order chi connectivity index (χ0) is 56.0. The van der Waals surface area contributed by atoms with Crippen LogP contribution in [0, 0.1) is 0 Å². The third-order valence-electron chi connectivity index (χ3n) is 13.3. The summed E-state index contributed by atoms with van der Waals surface area (Å²) in [6.45, 7) is 6.15. The second-order valence-corrected chi connectivity index (χ2v) is 20.1. The van der Waals surface area contributed by atoms with Gasteiger partial charge < -0.3 is 39.0 Å². The van der Waals surface area contributed by atoms with Crippen LogP contribution >= 0.6 is 23.2 Å². The Kier molecular flexibility index (Phi) is 15.3. The summed E-state index contributed by atoms with van der Waals surface area (Å²) >= 11 is 13.0. The van der Waals surface area contributed by atoms with E-state index in [2.05, 4.69) is 45.4 Å². The van der Waals surface area contributed by atoms with Crippen LogP contribution in [0.2, 0.25) is 10.0 Å². The summed E-state index contributed by atoms with van der Waals surface area (Å²) < 4.78 is 102. The molecule has 4 bridgehead atoms. The van der Waals surface area contributed by atoms with Crippen molar-refractivity contribution in [1.82, 2.24) is 29.9 Å². The van der Waals surface area contributed by atoms with E-state index in [0.29, 0.717) is 68.6 Å². The maximum absolute atomic E-state index is 13.5. The molecular weight excluding hydrogens is 1090 g/mol. The van der Waals surface area contributed by atoms with Crippen molar-refractivity contribution in [2.24, 2.45) is 0 Å². The average Bonchev–Trinajstić information content (AvgIpc) is 4.31. The van der Waals surface area contributed by atoms with Gasteiger partial charge >= 0.3 is 24.4 Å². The fourth-order valence-electron chi connectivity index (χ4n) is 9.56. The molecule has 4 N–H and O–H groups in total. The fourth-order valence-corrected chi connectivity index (χ4v) is 10.1. The second-order valence-electron chi connectivity index (χ2n) is 19.3. The van der Waals surface area contributed by atoms with E-state index in [4.69, 9.17) is 47.3 Å². The van der Waals surface area contributed by atoms with Gasteiger partial charge in [0.15, 0.2) is 28.9 Å². The first-order valence-electron chi connectivity index (χ1n) is 24.6. The van der Waals surface area contributed by atoms with E-state index in [1.165, 1.54) is 58.9 Å². The lowest BCUT2D eigenvalue weighted by Gasteiger charge is -2.36. The van der Waals surface area contributed by atoms with Gasteiger partial charge in [0, 0.05) is 37.3 Å². The minimum absolute atomic E-state index is 0.0147. The van der Waals surface area contributed by atoms with Crippen molar-refractivity contribution in [2.75, 3.05) is 82.8 Å². The topological polar surface area (TPSA) is 226 Å². The number of alkyl halides is 6. The zero-order valence-electron chi connectivity index (χ0n) is 41.8.